The molecule has 1 amide bonds. The van der Waals surface area contributed by atoms with Gasteiger partial charge in [0.05, 0.1) is 6.20 Å². The van der Waals surface area contributed by atoms with E-state index < -0.39 is 6.09 Å². The van der Waals surface area contributed by atoms with E-state index in [9.17, 15) is 9.59 Å². The van der Waals surface area contributed by atoms with E-state index in [-0.39, 0.29) is 24.2 Å². The highest BCUT2D eigenvalue weighted by Crippen LogP contribution is 2.05. The number of ketones is 1. The lowest BCUT2D eigenvalue weighted by molar-refractivity contribution is 0.101. The van der Waals surface area contributed by atoms with Crippen LogP contribution in [0.5, 0.6) is 0 Å². The second-order valence-electron chi connectivity index (χ2n) is 4.59. The minimum atomic E-state index is -0.883. The zero-order valence-electron chi connectivity index (χ0n) is 11.2. The summed E-state index contributed by atoms with van der Waals surface area (Å²) in [6.45, 7) is 3.70. The van der Waals surface area contributed by atoms with Crippen LogP contribution in [-0.2, 0) is 6.54 Å². The fraction of sp³-hybridized carbons (Fsp3) is 0.636. The third kappa shape index (κ3) is 4.17. The van der Waals surface area contributed by atoms with Gasteiger partial charge in [0.1, 0.15) is 5.69 Å². The number of rotatable bonds is 4. The third-order valence-electron chi connectivity index (χ3n) is 3.13. The highest BCUT2D eigenvalue weighted by Gasteiger charge is 2.22. The SMILES string of the molecule is CC(=O)c1cn(CC[C@@H]2CN(C(=O)O)CCN2)nn1.Cl. The van der Waals surface area contributed by atoms with Gasteiger partial charge in [-0.15, -0.1) is 17.5 Å². The molecular formula is C11H18ClN5O3. The summed E-state index contributed by atoms with van der Waals surface area (Å²) in [6.07, 6.45) is 1.47. The predicted octanol–water partition coefficient (Wildman–Crippen LogP) is 0.244. The molecule has 1 aromatic heterocycles. The molecule has 1 saturated heterocycles. The molecule has 20 heavy (non-hydrogen) atoms. The number of Topliss-reactive ketones (excluding diaryl/α,β-unsaturated/α-hetero) is 1. The largest absolute Gasteiger partial charge is 0.465 e. The zero-order chi connectivity index (χ0) is 13.8. The molecule has 0 radical (unpaired) electrons. The predicted molar refractivity (Wildman–Crippen MR) is 73.3 cm³/mol. The number of halogens is 1. The Labute approximate surface area is 122 Å². The Hall–Kier alpha value is -1.67. The van der Waals surface area contributed by atoms with Crippen LogP contribution in [0.25, 0.3) is 0 Å². The Morgan fingerprint density at radius 3 is 2.90 bits per heavy atom. The summed E-state index contributed by atoms with van der Waals surface area (Å²) in [4.78, 5) is 23.4. The van der Waals surface area contributed by atoms with Crippen LogP contribution in [0, 0.1) is 0 Å². The standard InChI is InChI=1S/C11H17N5O3.ClH/c1-8(17)10-7-16(14-13-10)4-2-9-6-15(11(18)19)5-3-12-9;/h7,9,12H,2-6H2,1H3,(H,18,19);1H/t9-;/m1./s1. The number of nitrogens with zero attached hydrogens (tertiary/aromatic N) is 4. The maximum Gasteiger partial charge on any atom is 0.407 e. The van der Waals surface area contributed by atoms with Gasteiger partial charge < -0.3 is 15.3 Å². The number of carboxylic acid groups (broad SMARTS) is 1. The van der Waals surface area contributed by atoms with Gasteiger partial charge in [-0.1, -0.05) is 5.21 Å². The normalized spacial score (nSPS) is 18.4. The Kier molecular flexibility index (Phi) is 5.90. The van der Waals surface area contributed by atoms with Crippen LogP contribution < -0.4 is 5.32 Å². The maximum atomic E-state index is 11.1. The smallest absolute Gasteiger partial charge is 0.407 e. The number of hydrogen-bond donors (Lipinski definition) is 2. The number of carbonyl (C=O) groups excluding carboxylic acids is 1. The molecular weight excluding hydrogens is 286 g/mol. The van der Waals surface area contributed by atoms with E-state index >= 15 is 0 Å². The van der Waals surface area contributed by atoms with E-state index in [1.54, 1.807) is 10.9 Å². The first-order valence-corrected chi connectivity index (χ1v) is 6.18. The van der Waals surface area contributed by atoms with Crippen molar-refractivity contribution in [1.82, 2.24) is 25.2 Å². The molecule has 1 aliphatic heterocycles. The summed E-state index contributed by atoms with van der Waals surface area (Å²) < 4.78 is 1.61. The monoisotopic (exact) mass is 303 g/mol. The zero-order valence-corrected chi connectivity index (χ0v) is 12.0. The first-order chi connectivity index (χ1) is 9.06. The van der Waals surface area contributed by atoms with Crippen molar-refractivity contribution >= 4 is 24.3 Å². The Morgan fingerprint density at radius 1 is 1.55 bits per heavy atom. The molecule has 0 aromatic carbocycles. The van der Waals surface area contributed by atoms with Crippen molar-refractivity contribution < 1.29 is 14.7 Å². The number of aromatic nitrogens is 3. The quantitative estimate of drug-likeness (QED) is 0.773. The van der Waals surface area contributed by atoms with E-state index in [4.69, 9.17) is 5.11 Å². The lowest BCUT2D eigenvalue weighted by Crippen LogP contribution is -2.52. The van der Waals surface area contributed by atoms with Gasteiger partial charge >= 0.3 is 6.09 Å². The lowest BCUT2D eigenvalue weighted by Gasteiger charge is -2.31. The van der Waals surface area contributed by atoms with Crippen molar-refractivity contribution in [3.63, 3.8) is 0 Å². The van der Waals surface area contributed by atoms with Gasteiger partial charge in [-0.05, 0) is 6.42 Å². The summed E-state index contributed by atoms with van der Waals surface area (Å²) in [7, 11) is 0. The van der Waals surface area contributed by atoms with E-state index in [2.05, 4.69) is 15.6 Å². The number of piperazine rings is 1. The number of aryl methyl sites for hydroxylation is 1. The van der Waals surface area contributed by atoms with E-state index in [1.165, 1.54) is 11.8 Å². The Morgan fingerprint density at radius 2 is 2.30 bits per heavy atom. The maximum absolute atomic E-state index is 11.1. The summed E-state index contributed by atoms with van der Waals surface area (Å²) in [6, 6.07) is 0.106. The summed E-state index contributed by atoms with van der Waals surface area (Å²) in [5, 5.41) is 19.8. The number of carbonyl (C=O) groups is 2. The first-order valence-electron chi connectivity index (χ1n) is 6.18. The van der Waals surface area contributed by atoms with Crippen LogP contribution in [0.15, 0.2) is 6.20 Å². The van der Waals surface area contributed by atoms with Crippen molar-refractivity contribution in [3.8, 4) is 0 Å². The minimum absolute atomic E-state index is 0. The Balaban J connectivity index is 0.00000200. The van der Waals surface area contributed by atoms with Gasteiger partial charge in [0.25, 0.3) is 0 Å². The minimum Gasteiger partial charge on any atom is -0.465 e. The van der Waals surface area contributed by atoms with Gasteiger partial charge in [-0.25, -0.2) is 4.79 Å². The molecule has 2 N–H and O–H groups in total. The average Bonchev–Trinajstić information content (AvgIpc) is 2.85. The van der Waals surface area contributed by atoms with Gasteiger partial charge in [-0.3, -0.25) is 9.48 Å². The fourth-order valence-corrected chi connectivity index (χ4v) is 2.05. The van der Waals surface area contributed by atoms with Crippen molar-refractivity contribution in [3.05, 3.63) is 11.9 Å². The van der Waals surface area contributed by atoms with Crippen molar-refractivity contribution in [1.29, 1.82) is 0 Å². The third-order valence-corrected chi connectivity index (χ3v) is 3.13. The molecule has 1 aliphatic rings. The second-order valence-corrected chi connectivity index (χ2v) is 4.59. The molecule has 1 fully saturated rings. The summed E-state index contributed by atoms with van der Waals surface area (Å²) in [5.41, 5.74) is 0.351. The van der Waals surface area contributed by atoms with Crippen molar-refractivity contribution in [2.75, 3.05) is 19.6 Å². The molecule has 1 aromatic rings. The number of hydrogen-bond acceptors (Lipinski definition) is 5. The first kappa shape index (κ1) is 16.4. The molecule has 2 rings (SSSR count). The molecule has 0 bridgehead atoms. The fourth-order valence-electron chi connectivity index (χ4n) is 2.05. The van der Waals surface area contributed by atoms with Crippen LogP contribution in [0.1, 0.15) is 23.8 Å². The molecule has 1 atom stereocenters. The van der Waals surface area contributed by atoms with Gasteiger partial charge in [0, 0.05) is 39.1 Å². The average molecular weight is 304 g/mol. The van der Waals surface area contributed by atoms with Gasteiger partial charge in [0.2, 0.25) is 0 Å². The molecule has 112 valence electrons. The van der Waals surface area contributed by atoms with E-state index in [1.807, 2.05) is 0 Å². The van der Waals surface area contributed by atoms with Gasteiger partial charge in [0.15, 0.2) is 5.78 Å². The molecule has 9 heteroatoms. The topological polar surface area (TPSA) is 100 Å². The van der Waals surface area contributed by atoms with Crippen LogP contribution in [0.2, 0.25) is 0 Å². The van der Waals surface area contributed by atoms with Crippen molar-refractivity contribution in [2.24, 2.45) is 0 Å². The molecule has 2 heterocycles. The Bertz CT molecular complexity index is 478. The van der Waals surface area contributed by atoms with Crippen LogP contribution in [0.4, 0.5) is 4.79 Å². The van der Waals surface area contributed by atoms with Crippen LogP contribution in [0.3, 0.4) is 0 Å². The van der Waals surface area contributed by atoms with Gasteiger partial charge in [-0.2, -0.15) is 0 Å². The summed E-state index contributed by atoms with van der Waals surface area (Å²) in [5.74, 6) is -0.112. The molecule has 0 saturated carbocycles. The van der Waals surface area contributed by atoms with E-state index in [0.717, 1.165) is 6.42 Å². The molecule has 0 unspecified atom stereocenters. The van der Waals surface area contributed by atoms with Crippen molar-refractivity contribution in [2.45, 2.75) is 25.9 Å². The van der Waals surface area contributed by atoms with E-state index in [0.29, 0.717) is 31.9 Å². The highest BCUT2D eigenvalue weighted by molar-refractivity contribution is 5.91. The lowest BCUT2D eigenvalue weighted by atomic mass is 10.1. The molecule has 8 nitrogen and oxygen atoms in total. The number of amides is 1. The summed E-state index contributed by atoms with van der Waals surface area (Å²) >= 11 is 0. The van der Waals surface area contributed by atoms with Crippen LogP contribution in [-0.4, -0.2) is 62.6 Å². The number of nitrogens with one attached hydrogen (secondary N) is 1. The second kappa shape index (κ2) is 7.20. The van der Waals surface area contributed by atoms with Crippen LogP contribution >= 0.6 is 12.4 Å². The molecule has 0 aliphatic carbocycles. The molecule has 0 spiro atoms. The highest BCUT2D eigenvalue weighted by atomic mass is 35.5.